The Morgan fingerprint density at radius 2 is 1.62 bits per heavy atom. The zero-order chi connectivity index (χ0) is 32.6. The number of nitrogens with zero attached hydrogens (tertiary/aromatic N) is 4. The zero-order valence-electron chi connectivity index (χ0n) is 26.6. The Morgan fingerprint density at radius 3 is 2.31 bits per heavy atom. The Kier molecular flexibility index (Phi) is 11.9. The van der Waals surface area contributed by atoms with Crippen LogP contribution in [-0.4, -0.2) is 82.1 Å². The molecule has 12 nitrogen and oxygen atoms in total. The van der Waals surface area contributed by atoms with Crippen molar-refractivity contribution in [3.05, 3.63) is 83.9 Å². The van der Waals surface area contributed by atoms with Crippen LogP contribution in [0.4, 0.5) is 5.69 Å². The molecule has 252 valence electrons. The smallest absolute Gasteiger partial charge is 0.254 e. The third-order valence-electron chi connectivity index (χ3n) is 9.05. The molecule has 1 aliphatic heterocycles. The van der Waals surface area contributed by atoms with Crippen LogP contribution in [0.1, 0.15) is 41.6 Å². The van der Waals surface area contributed by atoms with Crippen LogP contribution >= 0.6 is 12.4 Å². The van der Waals surface area contributed by atoms with Crippen molar-refractivity contribution >= 4 is 35.8 Å². The van der Waals surface area contributed by atoms with Gasteiger partial charge in [-0.3, -0.25) is 14.4 Å². The van der Waals surface area contributed by atoms with Gasteiger partial charge < -0.3 is 26.0 Å². The van der Waals surface area contributed by atoms with Crippen LogP contribution in [0.2, 0.25) is 0 Å². The molecule has 0 spiro atoms. The van der Waals surface area contributed by atoms with Gasteiger partial charge in [0.1, 0.15) is 6.04 Å². The molecule has 1 aliphatic carbocycles. The highest BCUT2D eigenvalue weighted by molar-refractivity contribution is 5.98. The zero-order valence-corrected chi connectivity index (χ0v) is 27.5. The number of carbonyl (C=O) groups is 3. The van der Waals surface area contributed by atoms with Crippen molar-refractivity contribution in [2.45, 2.75) is 38.1 Å². The number of aromatic nitrogens is 4. The van der Waals surface area contributed by atoms with Crippen LogP contribution in [0.25, 0.3) is 22.5 Å². The number of aromatic amines is 1. The van der Waals surface area contributed by atoms with Crippen LogP contribution in [0.15, 0.2) is 72.8 Å². The van der Waals surface area contributed by atoms with Crippen molar-refractivity contribution in [1.29, 1.82) is 0 Å². The molecule has 1 aromatic heterocycles. The van der Waals surface area contributed by atoms with Crippen LogP contribution in [0, 0.1) is 11.8 Å². The summed E-state index contributed by atoms with van der Waals surface area (Å²) < 4.78 is 5.40. The van der Waals surface area contributed by atoms with Gasteiger partial charge in [-0.15, -0.1) is 22.6 Å². The number of benzene rings is 3. The molecule has 1 saturated heterocycles. The molecule has 0 radical (unpaired) electrons. The van der Waals surface area contributed by atoms with Crippen molar-refractivity contribution in [2.75, 3.05) is 38.2 Å². The fraction of sp³-hybridized carbons (Fsp3) is 0.371. The van der Waals surface area contributed by atoms with Crippen LogP contribution in [-0.2, 0) is 20.7 Å². The number of amides is 3. The second-order valence-electron chi connectivity index (χ2n) is 12.2. The van der Waals surface area contributed by atoms with E-state index in [-0.39, 0.29) is 42.5 Å². The highest BCUT2D eigenvalue weighted by atomic mass is 35.5. The minimum Gasteiger partial charge on any atom is -0.378 e. The Bertz CT molecular complexity index is 1670. The summed E-state index contributed by atoms with van der Waals surface area (Å²) in [6.07, 6.45) is 3.63. The topological polar surface area (TPSA) is 168 Å². The highest BCUT2D eigenvalue weighted by Crippen LogP contribution is 2.29. The number of tetrazole rings is 1. The first-order valence-corrected chi connectivity index (χ1v) is 16.2. The lowest BCUT2D eigenvalue weighted by atomic mass is 9.81. The van der Waals surface area contributed by atoms with Gasteiger partial charge in [-0.05, 0) is 96.4 Å². The fourth-order valence-electron chi connectivity index (χ4n) is 6.27. The molecule has 1 saturated carbocycles. The van der Waals surface area contributed by atoms with E-state index in [4.69, 9.17) is 10.5 Å². The highest BCUT2D eigenvalue weighted by Gasteiger charge is 2.29. The van der Waals surface area contributed by atoms with Gasteiger partial charge in [0.15, 0.2) is 0 Å². The Hall–Kier alpha value is -4.65. The van der Waals surface area contributed by atoms with Gasteiger partial charge in [-0.25, -0.2) is 0 Å². The summed E-state index contributed by atoms with van der Waals surface area (Å²) in [5.74, 6) is 0.299. The largest absolute Gasteiger partial charge is 0.378 e. The summed E-state index contributed by atoms with van der Waals surface area (Å²) in [6.45, 7) is 2.86. The van der Waals surface area contributed by atoms with Crippen molar-refractivity contribution < 1.29 is 19.1 Å². The summed E-state index contributed by atoms with van der Waals surface area (Å²) in [7, 11) is 0. The van der Waals surface area contributed by atoms with Crippen LogP contribution in [0.5, 0.6) is 0 Å². The van der Waals surface area contributed by atoms with Gasteiger partial charge in [0.05, 0.1) is 13.2 Å². The predicted molar refractivity (Wildman–Crippen MR) is 184 cm³/mol. The van der Waals surface area contributed by atoms with Gasteiger partial charge >= 0.3 is 0 Å². The minimum atomic E-state index is -0.809. The predicted octanol–water partition coefficient (Wildman–Crippen LogP) is 3.86. The monoisotopic (exact) mass is 672 g/mol. The second-order valence-corrected chi connectivity index (χ2v) is 12.2. The lowest BCUT2D eigenvalue weighted by Gasteiger charge is -2.28. The summed E-state index contributed by atoms with van der Waals surface area (Å²) >= 11 is 0. The van der Waals surface area contributed by atoms with E-state index in [2.05, 4.69) is 31.3 Å². The van der Waals surface area contributed by atoms with Gasteiger partial charge in [0.25, 0.3) is 5.91 Å². The minimum absolute atomic E-state index is 0. The van der Waals surface area contributed by atoms with Gasteiger partial charge in [-0.1, -0.05) is 36.4 Å². The lowest BCUT2D eigenvalue weighted by molar-refractivity contribution is -0.130. The molecule has 48 heavy (non-hydrogen) atoms. The molecule has 13 heteroatoms. The summed E-state index contributed by atoms with van der Waals surface area (Å²) in [5.41, 5.74) is 10.5. The standard InChI is InChI=1S/C35H40N8O4.ClH/c36-22-23-7-9-26(10-8-23)33(44)38-31(34(45)37-30-13-11-25(12-14-30)32-39-41-42-40-32)20-24-3-1-4-27(19-24)28-5-2-6-29(21-28)35(46)43-15-17-47-18-16-43;/h1-6,11-14,19,21,23,26,31H,7-10,15-18,20,22,36H2,(H,37,45)(H,38,44)(H,39,40,41,42);1H/t23?,26?,31-;/m0./s1. The third kappa shape index (κ3) is 8.62. The molecule has 2 fully saturated rings. The van der Waals surface area contributed by atoms with Crippen molar-refractivity contribution in [3.8, 4) is 22.5 Å². The number of halogens is 1. The van der Waals surface area contributed by atoms with E-state index in [9.17, 15) is 14.4 Å². The number of carbonyl (C=O) groups excluding carboxylic acids is 3. The van der Waals surface area contributed by atoms with E-state index in [0.29, 0.717) is 55.8 Å². The van der Waals surface area contributed by atoms with E-state index in [0.717, 1.165) is 47.9 Å². The first kappa shape index (κ1) is 34.7. The van der Waals surface area contributed by atoms with Crippen molar-refractivity contribution in [1.82, 2.24) is 30.8 Å². The maximum atomic E-state index is 13.7. The number of anilines is 1. The number of rotatable bonds is 10. The molecule has 2 aliphatic rings. The van der Waals surface area contributed by atoms with Gasteiger partial charge in [-0.2, -0.15) is 5.21 Å². The molecule has 6 rings (SSSR count). The third-order valence-corrected chi connectivity index (χ3v) is 9.05. The van der Waals surface area contributed by atoms with Gasteiger partial charge in [0, 0.05) is 42.2 Å². The van der Waals surface area contributed by atoms with Crippen LogP contribution in [0.3, 0.4) is 0 Å². The number of nitrogens with one attached hydrogen (secondary N) is 3. The SMILES string of the molecule is Cl.NCC1CCC(C(=O)N[C@@H](Cc2cccc(-c3cccc(C(=O)N4CCOCC4)c3)c2)C(=O)Nc2ccc(-c3nn[nH]n3)cc2)CC1. The molecule has 0 unspecified atom stereocenters. The molecule has 0 bridgehead atoms. The first-order chi connectivity index (χ1) is 23.0. The fourth-order valence-corrected chi connectivity index (χ4v) is 6.27. The Balaban J connectivity index is 0.00000451. The number of H-pyrrole nitrogens is 1. The number of ether oxygens (including phenoxy) is 1. The second kappa shape index (κ2) is 16.4. The summed E-state index contributed by atoms with van der Waals surface area (Å²) in [6, 6.07) is 21.8. The molecule has 2 heterocycles. The average molecular weight is 673 g/mol. The normalized spacial score (nSPS) is 18.3. The number of morpholine rings is 1. The maximum absolute atomic E-state index is 13.7. The van der Waals surface area contributed by atoms with Crippen molar-refractivity contribution in [2.24, 2.45) is 17.6 Å². The number of nitrogens with two attached hydrogens (primary N) is 1. The summed E-state index contributed by atoms with van der Waals surface area (Å²) in [4.78, 5) is 42.1. The molecule has 5 N–H and O–H groups in total. The lowest BCUT2D eigenvalue weighted by Crippen LogP contribution is -2.48. The average Bonchev–Trinajstić information content (AvgIpc) is 3.67. The summed E-state index contributed by atoms with van der Waals surface area (Å²) in [5, 5.41) is 20.0. The molecule has 3 amide bonds. The number of hydrogen-bond donors (Lipinski definition) is 4. The van der Waals surface area contributed by atoms with Gasteiger partial charge in [0.2, 0.25) is 17.6 Å². The van der Waals surface area contributed by atoms with Crippen LogP contribution < -0.4 is 16.4 Å². The Labute approximate surface area is 285 Å². The maximum Gasteiger partial charge on any atom is 0.254 e. The van der Waals surface area contributed by atoms with E-state index in [1.807, 2.05) is 53.4 Å². The molecule has 1 atom stereocenters. The van der Waals surface area contributed by atoms with E-state index in [1.54, 1.807) is 24.3 Å². The number of hydrogen-bond acceptors (Lipinski definition) is 8. The van der Waals surface area contributed by atoms with E-state index < -0.39 is 6.04 Å². The molecule has 3 aromatic carbocycles. The van der Waals surface area contributed by atoms with Crippen molar-refractivity contribution in [3.63, 3.8) is 0 Å². The first-order valence-electron chi connectivity index (χ1n) is 16.2. The molecular formula is C35H41ClN8O4. The quantitative estimate of drug-likeness (QED) is 0.197. The van der Waals surface area contributed by atoms with E-state index in [1.165, 1.54) is 0 Å². The van der Waals surface area contributed by atoms with E-state index >= 15 is 0 Å². The Morgan fingerprint density at radius 1 is 0.917 bits per heavy atom. The molecule has 4 aromatic rings. The molecular weight excluding hydrogens is 632 g/mol.